The van der Waals surface area contributed by atoms with Crippen LogP contribution in [0.3, 0.4) is 0 Å². The Labute approximate surface area is 185 Å². The zero-order valence-corrected chi connectivity index (χ0v) is 18.5. The van der Waals surface area contributed by atoms with E-state index in [1.165, 1.54) is 11.8 Å². The van der Waals surface area contributed by atoms with Gasteiger partial charge in [0.15, 0.2) is 5.16 Å². The SMILES string of the molecule is Cc1cccc(-n2c(SCC(=O)NC3(C#N)CCCC3)nc3ccccc3c2=O)c1C. The van der Waals surface area contributed by atoms with Crippen LogP contribution in [0.4, 0.5) is 0 Å². The van der Waals surface area contributed by atoms with Crippen LogP contribution in [0.15, 0.2) is 52.4 Å². The lowest BCUT2D eigenvalue weighted by Gasteiger charge is -2.22. The molecule has 1 fully saturated rings. The molecular weight excluding hydrogens is 408 g/mol. The summed E-state index contributed by atoms with van der Waals surface area (Å²) >= 11 is 1.22. The number of hydrogen-bond donors (Lipinski definition) is 1. The second-order valence-electron chi connectivity index (χ2n) is 8.01. The molecule has 0 atom stereocenters. The summed E-state index contributed by atoms with van der Waals surface area (Å²) in [6.07, 6.45) is 3.25. The van der Waals surface area contributed by atoms with Crippen molar-refractivity contribution in [3.8, 4) is 11.8 Å². The first-order valence-electron chi connectivity index (χ1n) is 10.4. The van der Waals surface area contributed by atoms with Crippen molar-refractivity contribution < 1.29 is 4.79 Å². The van der Waals surface area contributed by atoms with Gasteiger partial charge < -0.3 is 5.32 Å². The van der Waals surface area contributed by atoms with Gasteiger partial charge in [0.25, 0.3) is 5.56 Å². The molecule has 0 bridgehead atoms. The number of aryl methyl sites for hydroxylation is 1. The molecule has 31 heavy (non-hydrogen) atoms. The molecule has 0 radical (unpaired) electrons. The number of hydrogen-bond acceptors (Lipinski definition) is 5. The Morgan fingerprint density at radius 3 is 2.68 bits per heavy atom. The summed E-state index contributed by atoms with van der Waals surface area (Å²) < 4.78 is 1.60. The van der Waals surface area contributed by atoms with Crippen molar-refractivity contribution in [1.82, 2.24) is 14.9 Å². The molecule has 6 nitrogen and oxygen atoms in total. The minimum atomic E-state index is -0.763. The van der Waals surface area contributed by atoms with E-state index >= 15 is 0 Å². The first-order chi connectivity index (χ1) is 14.9. The van der Waals surface area contributed by atoms with E-state index in [4.69, 9.17) is 4.98 Å². The van der Waals surface area contributed by atoms with Crippen LogP contribution in [0, 0.1) is 25.2 Å². The molecule has 1 aromatic heterocycles. The molecule has 7 heteroatoms. The zero-order chi connectivity index (χ0) is 22.0. The van der Waals surface area contributed by atoms with Crippen LogP contribution in [0.1, 0.15) is 36.8 Å². The maximum absolute atomic E-state index is 13.4. The van der Waals surface area contributed by atoms with Crippen molar-refractivity contribution in [3.63, 3.8) is 0 Å². The van der Waals surface area contributed by atoms with Crippen molar-refractivity contribution >= 4 is 28.6 Å². The third-order valence-corrected chi connectivity index (χ3v) is 6.88. The zero-order valence-electron chi connectivity index (χ0n) is 17.6. The van der Waals surface area contributed by atoms with Gasteiger partial charge in [0.1, 0.15) is 5.54 Å². The summed E-state index contributed by atoms with van der Waals surface area (Å²) in [6, 6.07) is 15.3. The third-order valence-electron chi connectivity index (χ3n) is 5.94. The number of rotatable bonds is 5. The third kappa shape index (κ3) is 4.08. The van der Waals surface area contributed by atoms with Gasteiger partial charge in [-0.05, 0) is 68.9 Å². The van der Waals surface area contributed by atoms with Gasteiger partial charge in [-0.2, -0.15) is 5.26 Å². The molecule has 0 spiro atoms. The van der Waals surface area contributed by atoms with Crippen LogP contribution < -0.4 is 10.9 Å². The van der Waals surface area contributed by atoms with Gasteiger partial charge in [-0.15, -0.1) is 0 Å². The summed E-state index contributed by atoms with van der Waals surface area (Å²) in [5.74, 6) is -0.137. The smallest absolute Gasteiger partial charge is 0.266 e. The largest absolute Gasteiger partial charge is 0.337 e. The minimum Gasteiger partial charge on any atom is -0.337 e. The summed E-state index contributed by atoms with van der Waals surface area (Å²) in [4.78, 5) is 30.8. The summed E-state index contributed by atoms with van der Waals surface area (Å²) in [6.45, 7) is 3.98. The van der Waals surface area contributed by atoms with Crippen LogP contribution in [-0.4, -0.2) is 26.8 Å². The quantitative estimate of drug-likeness (QED) is 0.485. The highest BCUT2D eigenvalue weighted by Gasteiger charge is 2.35. The van der Waals surface area contributed by atoms with Gasteiger partial charge in [-0.3, -0.25) is 14.2 Å². The van der Waals surface area contributed by atoms with Crippen molar-refractivity contribution in [2.75, 3.05) is 5.75 Å². The number of aromatic nitrogens is 2. The Balaban J connectivity index is 1.71. The Hall–Kier alpha value is -3.11. The molecule has 4 rings (SSSR count). The van der Waals surface area contributed by atoms with Crippen molar-refractivity contribution in [2.24, 2.45) is 0 Å². The predicted octanol–water partition coefficient (Wildman–Crippen LogP) is 4.05. The van der Waals surface area contributed by atoms with E-state index in [1.54, 1.807) is 16.7 Å². The number of carbonyl (C=O) groups is 1. The lowest BCUT2D eigenvalue weighted by molar-refractivity contribution is -0.119. The monoisotopic (exact) mass is 432 g/mol. The number of amides is 1. The van der Waals surface area contributed by atoms with Gasteiger partial charge in [0.2, 0.25) is 5.91 Å². The van der Waals surface area contributed by atoms with E-state index in [1.807, 2.05) is 44.2 Å². The number of fused-ring (bicyclic) bond motifs is 1. The Bertz CT molecular complexity index is 1250. The predicted molar refractivity (Wildman–Crippen MR) is 122 cm³/mol. The summed E-state index contributed by atoms with van der Waals surface area (Å²) in [7, 11) is 0. The van der Waals surface area contributed by atoms with E-state index in [2.05, 4.69) is 11.4 Å². The number of nitrogens with zero attached hydrogens (tertiary/aromatic N) is 3. The molecule has 0 unspecified atom stereocenters. The Morgan fingerprint density at radius 2 is 1.94 bits per heavy atom. The molecule has 1 aliphatic rings. The van der Waals surface area contributed by atoms with Crippen LogP contribution >= 0.6 is 11.8 Å². The molecule has 1 N–H and O–H groups in total. The number of nitrogens with one attached hydrogen (secondary N) is 1. The van der Waals surface area contributed by atoms with E-state index < -0.39 is 5.54 Å². The van der Waals surface area contributed by atoms with Gasteiger partial charge >= 0.3 is 0 Å². The van der Waals surface area contributed by atoms with Gasteiger partial charge in [0.05, 0.1) is 28.4 Å². The molecule has 1 heterocycles. The van der Waals surface area contributed by atoms with Gasteiger partial charge in [0, 0.05) is 0 Å². The molecule has 2 aromatic carbocycles. The van der Waals surface area contributed by atoms with E-state index in [0.29, 0.717) is 28.9 Å². The Morgan fingerprint density at radius 1 is 1.19 bits per heavy atom. The summed E-state index contributed by atoms with van der Waals surface area (Å²) in [5.41, 5.74) is 2.50. The molecule has 0 saturated heterocycles. The van der Waals surface area contributed by atoms with Crippen LogP contribution in [0.25, 0.3) is 16.6 Å². The molecule has 1 aliphatic carbocycles. The Kier molecular flexibility index (Phi) is 5.84. The highest BCUT2D eigenvalue weighted by Crippen LogP contribution is 2.29. The maximum Gasteiger partial charge on any atom is 0.266 e. The van der Waals surface area contributed by atoms with Crippen LogP contribution in [0.2, 0.25) is 0 Å². The topological polar surface area (TPSA) is 87.8 Å². The average molecular weight is 433 g/mol. The fourth-order valence-electron chi connectivity index (χ4n) is 4.08. The number of benzene rings is 2. The van der Waals surface area contributed by atoms with Crippen molar-refractivity contribution in [3.05, 3.63) is 63.9 Å². The van der Waals surface area contributed by atoms with E-state index in [0.717, 1.165) is 29.7 Å². The second kappa shape index (κ2) is 8.56. The van der Waals surface area contributed by atoms with Crippen molar-refractivity contribution in [2.45, 2.75) is 50.2 Å². The number of thioether (sulfide) groups is 1. The highest BCUT2D eigenvalue weighted by atomic mass is 32.2. The first-order valence-corrected chi connectivity index (χ1v) is 11.4. The first kappa shape index (κ1) is 21.1. The normalized spacial score (nSPS) is 15.0. The molecular formula is C24H24N4O2S. The lowest BCUT2D eigenvalue weighted by Crippen LogP contribution is -2.45. The minimum absolute atomic E-state index is 0.0824. The molecule has 1 amide bonds. The second-order valence-corrected chi connectivity index (χ2v) is 8.95. The van der Waals surface area contributed by atoms with Crippen LogP contribution in [0.5, 0.6) is 0 Å². The lowest BCUT2D eigenvalue weighted by atomic mass is 10.0. The fraction of sp³-hybridized carbons (Fsp3) is 0.333. The highest BCUT2D eigenvalue weighted by molar-refractivity contribution is 7.99. The van der Waals surface area contributed by atoms with Crippen molar-refractivity contribution in [1.29, 1.82) is 5.26 Å². The van der Waals surface area contributed by atoms with Gasteiger partial charge in [-0.1, -0.05) is 36.0 Å². The standard InChI is InChI=1S/C24H24N4O2S/c1-16-8-7-11-20(17(16)2)28-22(30)18-9-3-4-10-19(18)26-23(28)31-14-21(29)27-24(15-25)12-5-6-13-24/h3-4,7-11H,5-6,12-14H2,1-2H3,(H,27,29). The number of carbonyl (C=O) groups excluding carboxylic acids is 1. The molecule has 3 aromatic rings. The van der Waals surface area contributed by atoms with E-state index in [9.17, 15) is 14.9 Å². The molecule has 158 valence electrons. The van der Waals surface area contributed by atoms with E-state index in [-0.39, 0.29) is 17.2 Å². The van der Waals surface area contributed by atoms with Crippen LogP contribution in [-0.2, 0) is 4.79 Å². The fourth-order valence-corrected chi connectivity index (χ4v) is 4.88. The number of nitriles is 1. The summed E-state index contributed by atoms with van der Waals surface area (Å²) in [5, 5.41) is 13.4. The molecule has 0 aliphatic heterocycles. The average Bonchev–Trinajstić information content (AvgIpc) is 3.24. The maximum atomic E-state index is 13.4. The number of para-hydroxylation sites is 1. The molecule has 1 saturated carbocycles. The van der Waals surface area contributed by atoms with Gasteiger partial charge in [-0.25, -0.2) is 4.98 Å².